The van der Waals surface area contributed by atoms with Gasteiger partial charge in [0.2, 0.25) is 0 Å². The van der Waals surface area contributed by atoms with E-state index in [9.17, 15) is 9.00 Å². The SMILES string of the molecule is O=C(N=S1(=O)CCCNCC1)C1CC1. The molecule has 1 aliphatic heterocycles. The van der Waals surface area contributed by atoms with Crippen molar-refractivity contribution < 1.29 is 9.00 Å². The Hall–Kier alpha value is -0.420. The monoisotopic (exact) mass is 216 g/mol. The highest BCUT2D eigenvalue weighted by molar-refractivity contribution is 7.93. The Morgan fingerprint density at radius 2 is 2.07 bits per heavy atom. The number of nitrogens with zero attached hydrogens (tertiary/aromatic N) is 1. The zero-order valence-corrected chi connectivity index (χ0v) is 9.02. The molecule has 2 fully saturated rings. The highest BCUT2D eigenvalue weighted by Crippen LogP contribution is 2.30. The Bertz CT molecular complexity index is 327. The highest BCUT2D eigenvalue weighted by atomic mass is 32.2. The molecule has 14 heavy (non-hydrogen) atoms. The summed E-state index contributed by atoms with van der Waals surface area (Å²) in [4.78, 5) is 11.4. The van der Waals surface area contributed by atoms with E-state index >= 15 is 0 Å². The van der Waals surface area contributed by atoms with Crippen LogP contribution in [0.4, 0.5) is 0 Å². The number of amides is 1. The molecule has 1 saturated carbocycles. The van der Waals surface area contributed by atoms with Crippen molar-refractivity contribution in [3.63, 3.8) is 0 Å². The first-order chi connectivity index (χ1) is 6.70. The summed E-state index contributed by atoms with van der Waals surface area (Å²) in [5.41, 5.74) is 0. The second-order valence-electron chi connectivity index (χ2n) is 3.99. The van der Waals surface area contributed by atoms with Crippen LogP contribution in [0.1, 0.15) is 19.3 Å². The van der Waals surface area contributed by atoms with Crippen molar-refractivity contribution in [2.24, 2.45) is 10.3 Å². The standard InChI is InChI=1S/C9H16N2O2S/c12-9(8-2-3-8)11-14(13)6-1-4-10-5-7-14/h8,10H,1-7H2. The molecule has 4 nitrogen and oxygen atoms in total. The minimum Gasteiger partial charge on any atom is -0.316 e. The van der Waals surface area contributed by atoms with Gasteiger partial charge in [0.1, 0.15) is 0 Å². The summed E-state index contributed by atoms with van der Waals surface area (Å²) in [6.45, 7) is 1.62. The average molecular weight is 216 g/mol. The van der Waals surface area contributed by atoms with Gasteiger partial charge in [0.05, 0.1) is 9.73 Å². The Labute approximate surface area is 84.6 Å². The van der Waals surface area contributed by atoms with Gasteiger partial charge >= 0.3 is 0 Å². The summed E-state index contributed by atoms with van der Waals surface area (Å²) in [5.74, 6) is 1.10. The van der Waals surface area contributed by atoms with Crippen molar-refractivity contribution >= 4 is 15.6 Å². The molecule has 1 atom stereocenters. The van der Waals surface area contributed by atoms with Gasteiger partial charge in [-0.2, -0.15) is 4.36 Å². The van der Waals surface area contributed by atoms with E-state index in [2.05, 4.69) is 9.68 Å². The molecule has 0 aromatic carbocycles. The van der Waals surface area contributed by atoms with Crippen molar-refractivity contribution in [3.8, 4) is 0 Å². The molecule has 1 aliphatic carbocycles. The second-order valence-corrected chi connectivity index (χ2v) is 6.53. The van der Waals surface area contributed by atoms with E-state index in [-0.39, 0.29) is 11.8 Å². The molecule has 0 radical (unpaired) electrons. The normalized spacial score (nSPS) is 33.4. The summed E-state index contributed by atoms with van der Waals surface area (Å²) in [7, 11) is -2.22. The van der Waals surface area contributed by atoms with Crippen LogP contribution in [-0.2, 0) is 14.5 Å². The maximum absolute atomic E-state index is 12.1. The van der Waals surface area contributed by atoms with Gasteiger partial charge in [-0.15, -0.1) is 0 Å². The molecule has 5 heteroatoms. The van der Waals surface area contributed by atoms with Crippen LogP contribution in [0.15, 0.2) is 4.36 Å². The van der Waals surface area contributed by atoms with E-state index in [1.807, 2.05) is 0 Å². The molecule has 0 bridgehead atoms. The van der Waals surface area contributed by atoms with Crippen LogP contribution in [0.5, 0.6) is 0 Å². The lowest BCUT2D eigenvalue weighted by Crippen LogP contribution is -2.19. The third kappa shape index (κ3) is 2.54. The Kier molecular flexibility index (Phi) is 2.88. The van der Waals surface area contributed by atoms with E-state index < -0.39 is 9.73 Å². The van der Waals surface area contributed by atoms with Crippen LogP contribution in [-0.4, -0.2) is 34.7 Å². The minimum absolute atomic E-state index is 0.101. The van der Waals surface area contributed by atoms with Crippen molar-refractivity contribution in [1.29, 1.82) is 0 Å². The Morgan fingerprint density at radius 1 is 1.29 bits per heavy atom. The number of rotatable bonds is 1. The van der Waals surface area contributed by atoms with Gasteiger partial charge in [0.25, 0.3) is 5.91 Å². The van der Waals surface area contributed by atoms with Gasteiger partial charge in [-0.1, -0.05) is 0 Å². The average Bonchev–Trinajstić information content (AvgIpc) is 2.90. The summed E-state index contributed by atoms with van der Waals surface area (Å²) in [6, 6.07) is 0. The minimum atomic E-state index is -2.22. The molecular weight excluding hydrogens is 200 g/mol. The number of carbonyl (C=O) groups excluding carboxylic acids is 1. The first kappa shape index (κ1) is 10.1. The predicted molar refractivity (Wildman–Crippen MR) is 55.5 cm³/mol. The molecule has 2 aliphatic rings. The van der Waals surface area contributed by atoms with Crippen LogP contribution in [0.25, 0.3) is 0 Å². The first-order valence-corrected chi connectivity index (χ1v) is 7.02. The van der Waals surface area contributed by atoms with Crippen molar-refractivity contribution in [1.82, 2.24) is 5.32 Å². The quantitative estimate of drug-likeness (QED) is 0.689. The van der Waals surface area contributed by atoms with Gasteiger partial charge in [-0.3, -0.25) is 4.79 Å². The van der Waals surface area contributed by atoms with Gasteiger partial charge in [0.15, 0.2) is 0 Å². The Morgan fingerprint density at radius 3 is 2.79 bits per heavy atom. The van der Waals surface area contributed by atoms with E-state index in [0.717, 1.165) is 32.4 Å². The third-order valence-electron chi connectivity index (χ3n) is 2.60. The lowest BCUT2D eigenvalue weighted by atomic mass is 10.4. The molecule has 1 amide bonds. The maximum Gasteiger partial charge on any atom is 0.256 e. The molecule has 0 spiro atoms. The summed E-state index contributed by atoms with van der Waals surface area (Å²) in [5, 5.41) is 3.17. The van der Waals surface area contributed by atoms with Gasteiger partial charge in [0, 0.05) is 24.0 Å². The molecule has 0 aromatic rings. The predicted octanol–water partition coefficient (Wildman–Crippen LogP) is 0.384. The van der Waals surface area contributed by atoms with Gasteiger partial charge < -0.3 is 5.32 Å². The fourth-order valence-electron chi connectivity index (χ4n) is 1.54. The summed E-state index contributed by atoms with van der Waals surface area (Å²) in [6.07, 6.45) is 2.74. The van der Waals surface area contributed by atoms with Crippen LogP contribution >= 0.6 is 0 Å². The summed E-state index contributed by atoms with van der Waals surface area (Å²) >= 11 is 0. The fraction of sp³-hybridized carbons (Fsp3) is 0.889. The topological polar surface area (TPSA) is 58.5 Å². The molecule has 0 aromatic heterocycles. The van der Waals surface area contributed by atoms with E-state index in [4.69, 9.17) is 0 Å². The van der Waals surface area contributed by atoms with Crippen molar-refractivity contribution in [2.75, 3.05) is 24.6 Å². The van der Waals surface area contributed by atoms with Gasteiger partial charge in [-0.25, -0.2) is 4.21 Å². The lowest BCUT2D eigenvalue weighted by molar-refractivity contribution is -0.118. The van der Waals surface area contributed by atoms with Crippen LogP contribution in [0, 0.1) is 5.92 Å². The molecule has 1 N–H and O–H groups in total. The zero-order chi connectivity index (χ0) is 10.0. The van der Waals surface area contributed by atoms with Crippen molar-refractivity contribution in [3.05, 3.63) is 0 Å². The zero-order valence-electron chi connectivity index (χ0n) is 8.20. The van der Waals surface area contributed by atoms with E-state index in [1.165, 1.54) is 0 Å². The van der Waals surface area contributed by atoms with Crippen LogP contribution in [0.2, 0.25) is 0 Å². The van der Waals surface area contributed by atoms with Crippen LogP contribution in [0.3, 0.4) is 0 Å². The van der Waals surface area contributed by atoms with Crippen LogP contribution < -0.4 is 5.32 Å². The molecule has 2 rings (SSSR count). The lowest BCUT2D eigenvalue weighted by Gasteiger charge is -2.03. The first-order valence-electron chi connectivity index (χ1n) is 5.17. The number of hydrogen-bond donors (Lipinski definition) is 1. The summed E-state index contributed by atoms with van der Waals surface area (Å²) < 4.78 is 16.1. The Balaban J connectivity index is 2.11. The molecular formula is C9H16N2O2S. The smallest absolute Gasteiger partial charge is 0.256 e. The van der Waals surface area contributed by atoms with E-state index in [0.29, 0.717) is 11.5 Å². The molecule has 80 valence electrons. The van der Waals surface area contributed by atoms with Crippen molar-refractivity contribution in [2.45, 2.75) is 19.3 Å². The number of nitrogens with one attached hydrogen (secondary N) is 1. The third-order valence-corrected chi connectivity index (χ3v) is 4.88. The maximum atomic E-state index is 12.1. The second kappa shape index (κ2) is 3.98. The largest absolute Gasteiger partial charge is 0.316 e. The fourth-order valence-corrected chi connectivity index (χ4v) is 3.46. The van der Waals surface area contributed by atoms with Gasteiger partial charge in [-0.05, 0) is 25.8 Å². The highest BCUT2D eigenvalue weighted by Gasteiger charge is 2.30. The molecule has 1 heterocycles. The number of hydrogen-bond acceptors (Lipinski definition) is 3. The number of carbonyl (C=O) groups is 1. The molecule has 1 saturated heterocycles. The molecule has 1 unspecified atom stereocenters. The van der Waals surface area contributed by atoms with E-state index in [1.54, 1.807) is 0 Å².